The summed E-state index contributed by atoms with van der Waals surface area (Å²) >= 11 is 0. The zero-order valence-electron chi connectivity index (χ0n) is 11.9. The maximum absolute atomic E-state index is 5.93. The molecule has 19 heavy (non-hydrogen) atoms. The molecule has 0 heterocycles. The van der Waals surface area contributed by atoms with E-state index in [9.17, 15) is 0 Å². The van der Waals surface area contributed by atoms with E-state index < -0.39 is 0 Å². The quantitative estimate of drug-likeness (QED) is 0.781. The summed E-state index contributed by atoms with van der Waals surface area (Å²) in [6.07, 6.45) is 0. The van der Waals surface area contributed by atoms with Crippen LogP contribution in [0.3, 0.4) is 0 Å². The summed E-state index contributed by atoms with van der Waals surface area (Å²) in [5.74, 6) is 0. The molecule has 2 rings (SSSR count). The van der Waals surface area contributed by atoms with Crippen molar-refractivity contribution in [3.05, 3.63) is 58.7 Å². The Bertz CT molecular complexity index is 527. The summed E-state index contributed by atoms with van der Waals surface area (Å²) in [5.41, 5.74) is 5.38. The third kappa shape index (κ3) is 3.44. The van der Waals surface area contributed by atoms with Crippen LogP contribution in [0, 0.1) is 27.7 Å². The lowest BCUT2D eigenvalue weighted by atomic mass is 10.1. The average molecular weight is 282 g/mol. The van der Waals surface area contributed by atoms with Gasteiger partial charge in [0, 0.05) is 0 Å². The molecule has 0 aromatic heterocycles. The summed E-state index contributed by atoms with van der Waals surface area (Å²) in [6.45, 7) is 8.64. The standard InChI is InChI=1S/C16H18OSi2/c1-11-7-5-9-15(13(11)3)18-17-19-16-10-6-8-12(2)14(16)4/h5-10H,1-4H3. The van der Waals surface area contributed by atoms with Crippen LogP contribution < -0.4 is 10.4 Å². The Morgan fingerprint density at radius 1 is 0.684 bits per heavy atom. The molecule has 0 aliphatic heterocycles. The van der Waals surface area contributed by atoms with Crippen molar-refractivity contribution in [1.29, 1.82) is 0 Å². The van der Waals surface area contributed by atoms with Gasteiger partial charge in [-0.25, -0.2) is 0 Å². The van der Waals surface area contributed by atoms with Crippen molar-refractivity contribution in [1.82, 2.24) is 0 Å². The molecule has 0 unspecified atom stereocenters. The maximum Gasteiger partial charge on any atom is 0.257 e. The molecule has 4 radical (unpaired) electrons. The SMILES string of the molecule is Cc1cccc([Si]O[Si]c2cccc(C)c2C)c1C. The third-order valence-corrected chi connectivity index (χ3v) is 5.87. The third-order valence-electron chi connectivity index (χ3n) is 3.53. The van der Waals surface area contributed by atoms with E-state index in [4.69, 9.17) is 4.12 Å². The van der Waals surface area contributed by atoms with Crippen LogP contribution >= 0.6 is 0 Å². The highest BCUT2D eigenvalue weighted by Crippen LogP contribution is 2.03. The molecule has 0 aliphatic carbocycles. The van der Waals surface area contributed by atoms with Gasteiger partial charge >= 0.3 is 0 Å². The van der Waals surface area contributed by atoms with Crippen LogP contribution in [0.2, 0.25) is 0 Å². The first-order chi connectivity index (χ1) is 9.09. The smallest absolute Gasteiger partial charge is 0.257 e. The van der Waals surface area contributed by atoms with Crippen molar-refractivity contribution in [3.63, 3.8) is 0 Å². The number of benzene rings is 2. The molecular formula is C16H18OSi2. The van der Waals surface area contributed by atoms with E-state index in [1.165, 1.54) is 32.6 Å². The summed E-state index contributed by atoms with van der Waals surface area (Å²) in [6, 6.07) is 12.8. The van der Waals surface area contributed by atoms with E-state index in [0.717, 1.165) is 0 Å². The van der Waals surface area contributed by atoms with Crippen molar-refractivity contribution in [2.75, 3.05) is 0 Å². The molecule has 0 saturated carbocycles. The zero-order chi connectivity index (χ0) is 13.8. The van der Waals surface area contributed by atoms with Gasteiger partial charge in [-0.05, 0) is 60.3 Å². The molecule has 0 fully saturated rings. The first-order valence-corrected chi connectivity index (χ1v) is 8.21. The van der Waals surface area contributed by atoms with Gasteiger partial charge in [-0.3, -0.25) is 0 Å². The fourth-order valence-electron chi connectivity index (χ4n) is 1.86. The van der Waals surface area contributed by atoms with Gasteiger partial charge in [0.05, 0.1) is 0 Å². The topological polar surface area (TPSA) is 9.23 Å². The summed E-state index contributed by atoms with van der Waals surface area (Å²) < 4.78 is 5.93. The van der Waals surface area contributed by atoms with Gasteiger partial charge in [0.2, 0.25) is 0 Å². The van der Waals surface area contributed by atoms with Gasteiger partial charge in [0.15, 0.2) is 0 Å². The summed E-state index contributed by atoms with van der Waals surface area (Å²) in [5, 5.41) is 2.63. The predicted octanol–water partition coefficient (Wildman–Crippen LogP) is 2.13. The first kappa shape index (κ1) is 14.2. The monoisotopic (exact) mass is 282 g/mol. The molecule has 0 spiro atoms. The van der Waals surface area contributed by atoms with E-state index in [1.807, 2.05) is 0 Å². The Morgan fingerprint density at radius 3 is 1.53 bits per heavy atom. The van der Waals surface area contributed by atoms with Gasteiger partial charge in [0.1, 0.15) is 0 Å². The Hall–Kier alpha value is -1.17. The molecule has 0 saturated heterocycles. The molecule has 1 nitrogen and oxygen atoms in total. The molecule has 2 aromatic rings. The highest BCUT2D eigenvalue weighted by molar-refractivity contribution is 6.60. The molecule has 0 aliphatic rings. The van der Waals surface area contributed by atoms with Crippen LogP contribution in [0.1, 0.15) is 22.3 Å². The molecule has 0 amide bonds. The van der Waals surface area contributed by atoms with Crippen LogP contribution in [-0.4, -0.2) is 19.5 Å². The molecule has 0 N–H and O–H groups in total. The van der Waals surface area contributed by atoms with Crippen molar-refractivity contribution in [2.24, 2.45) is 0 Å². The van der Waals surface area contributed by atoms with Crippen LogP contribution in [0.25, 0.3) is 0 Å². The van der Waals surface area contributed by atoms with Gasteiger partial charge in [0.25, 0.3) is 19.5 Å². The van der Waals surface area contributed by atoms with Crippen molar-refractivity contribution >= 4 is 29.9 Å². The molecule has 0 atom stereocenters. The molecule has 3 heteroatoms. The van der Waals surface area contributed by atoms with Crippen molar-refractivity contribution < 1.29 is 4.12 Å². The normalized spacial score (nSPS) is 10.7. The fraction of sp³-hybridized carbons (Fsp3) is 0.250. The Kier molecular flexibility index (Phi) is 4.74. The van der Waals surface area contributed by atoms with Gasteiger partial charge in [-0.15, -0.1) is 0 Å². The largest absolute Gasteiger partial charge is 0.450 e. The number of aryl methyl sites for hydroxylation is 2. The van der Waals surface area contributed by atoms with Gasteiger partial charge < -0.3 is 4.12 Å². The Labute approximate surface area is 120 Å². The lowest BCUT2D eigenvalue weighted by Gasteiger charge is -2.09. The van der Waals surface area contributed by atoms with E-state index in [2.05, 4.69) is 64.1 Å². The van der Waals surface area contributed by atoms with Crippen molar-refractivity contribution in [2.45, 2.75) is 27.7 Å². The fourth-order valence-corrected chi connectivity index (χ4v) is 3.97. The maximum atomic E-state index is 5.93. The second kappa shape index (κ2) is 6.32. The van der Waals surface area contributed by atoms with Gasteiger partial charge in [-0.1, -0.05) is 36.4 Å². The highest BCUT2D eigenvalue weighted by atomic mass is 28.3. The van der Waals surface area contributed by atoms with E-state index in [1.54, 1.807) is 0 Å². The lowest BCUT2D eigenvalue weighted by Crippen LogP contribution is -2.29. The second-order valence-corrected chi connectivity index (χ2v) is 7.10. The molecular weight excluding hydrogens is 264 g/mol. The minimum atomic E-state index is 0.431. The molecule has 2 aromatic carbocycles. The number of hydrogen-bond donors (Lipinski definition) is 0. The minimum Gasteiger partial charge on any atom is -0.450 e. The highest BCUT2D eigenvalue weighted by Gasteiger charge is 2.06. The van der Waals surface area contributed by atoms with E-state index in [0.29, 0.717) is 19.5 Å². The van der Waals surface area contributed by atoms with Crippen LogP contribution in [0.15, 0.2) is 36.4 Å². The Balaban J connectivity index is 2.00. The molecule has 96 valence electrons. The summed E-state index contributed by atoms with van der Waals surface area (Å²) in [7, 11) is 0.861. The Morgan fingerprint density at radius 2 is 1.11 bits per heavy atom. The molecule has 0 bridgehead atoms. The number of rotatable bonds is 4. The lowest BCUT2D eigenvalue weighted by molar-refractivity contribution is 0.662. The van der Waals surface area contributed by atoms with E-state index >= 15 is 0 Å². The van der Waals surface area contributed by atoms with Crippen LogP contribution in [0.5, 0.6) is 0 Å². The zero-order valence-corrected chi connectivity index (χ0v) is 13.9. The minimum absolute atomic E-state index is 0.431. The average Bonchev–Trinajstić information content (AvgIpc) is 2.39. The summed E-state index contributed by atoms with van der Waals surface area (Å²) in [4.78, 5) is 0. The first-order valence-electron chi connectivity index (χ1n) is 6.40. The van der Waals surface area contributed by atoms with Crippen LogP contribution in [-0.2, 0) is 4.12 Å². The predicted molar refractivity (Wildman–Crippen MR) is 83.7 cm³/mol. The number of hydrogen-bond acceptors (Lipinski definition) is 1. The van der Waals surface area contributed by atoms with E-state index in [-0.39, 0.29) is 0 Å². The van der Waals surface area contributed by atoms with Crippen molar-refractivity contribution in [3.8, 4) is 0 Å². The second-order valence-electron chi connectivity index (χ2n) is 4.80. The van der Waals surface area contributed by atoms with Crippen LogP contribution in [0.4, 0.5) is 0 Å². The van der Waals surface area contributed by atoms with Gasteiger partial charge in [-0.2, -0.15) is 0 Å².